The van der Waals surface area contributed by atoms with Crippen LogP contribution in [0, 0.1) is 10.1 Å². The Labute approximate surface area is 147 Å². The molecule has 1 N–H and O–H groups in total. The predicted octanol–water partition coefficient (Wildman–Crippen LogP) is 3.99. The highest BCUT2D eigenvalue weighted by Gasteiger charge is 2.19. The second-order valence-electron chi connectivity index (χ2n) is 5.26. The summed E-state index contributed by atoms with van der Waals surface area (Å²) < 4.78 is 30.8. The summed E-state index contributed by atoms with van der Waals surface area (Å²) in [7, 11) is 0. The molecule has 0 spiro atoms. The fraction of sp³-hybridized carbons (Fsp3) is 0.118. The molecule has 1 heterocycles. The third-order valence-corrected chi connectivity index (χ3v) is 3.51. The van der Waals surface area contributed by atoms with Crippen molar-refractivity contribution in [3.63, 3.8) is 0 Å². The number of rotatable bonds is 7. The Morgan fingerprint density at radius 1 is 1.19 bits per heavy atom. The molecule has 0 aliphatic rings. The first kappa shape index (κ1) is 17.3. The van der Waals surface area contributed by atoms with Gasteiger partial charge in [0, 0.05) is 24.0 Å². The second kappa shape index (κ2) is 7.60. The highest BCUT2D eigenvalue weighted by Crippen LogP contribution is 2.31. The maximum Gasteiger partial charge on any atom is 0.387 e. The van der Waals surface area contributed by atoms with Gasteiger partial charge >= 0.3 is 12.3 Å². The van der Waals surface area contributed by atoms with Gasteiger partial charge in [-0.25, -0.2) is 4.68 Å². The zero-order valence-corrected chi connectivity index (χ0v) is 13.4. The van der Waals surface area contributed by atoms with Crippen LogP contribution in [0.2, 0.25) is 0 Å². The Bertz CT molecular complexity index is 900. The monoisotopic (exact) mass is 360 g/mol. The molecule has 0 aliphatic carbocycles. The van der Waals surface area contributed by atoms with Crippen molar-refractivity contribution in [3.8, 4) is 11.4 Å². The normalized spacial score (nSPS) is 10.7. The van der Waals surface area contributed by atoms with E-state index in [1.54, 1.807) is 10.9 Å². The summed E-state index contributed by atoms with van der Waals surface area (Å²) in [6.45, 7) is -2.84. The summed E-state index contributed by atoms with van der Waals surface area (Å²) in [5.41, 5.74) is 1.50. The van der Waals surface area contributed by atoms with Crippen LogP contribution in [0.1, 0.15) is 5.69 Å². The van der Waals surface area contributed by atoms with Gasteiger partial charge in [0.1, 0.15) is 0 Å². The van der Waals surface area contributed by atoms with Crippen LogP contribution >= 0.6 is 0 Å². The van der Waals surface area contributed by atoms with E-state index in [2.05, 4.69) is 15.2 Å². The standard InChI is InChI=1S/C17H14F2N4O3/c18-17(19)26-16-10-12(6-7-15(16)23(24)25)20-11-13-8-9-22(21-13)14-4-2-1-3-5-14/h1-10,17,20H,11H2. The van der Waals surface area contributed by atoms with Gasteiger partial charge in [0.05, 0.1) is 22.8 Å². The molecule has 0 amide bonds. The number of aromatic nitrogens is 2. The molecule has 0 atom stereocenters. The van der Waals surface area contributed by atoms with Gasteiger partial charge in [-0.15, -0.1) is 0 Å². The van der Waals surface area contributed by atoms with E-state index in [0.29, 0.717) is 17.9 Å². The van der Waals surface area contributed by atoms with Gasteiger partial charge < -0.3 is 10.1 Å². The van der Waals surface area contributed by atoms with Crippen molar-refractivity contribution < 1.29 is 18.4 Å². The van der Waals surface area contributed by atoms with Crippen molar-refractivity contribution in [3.05, 3.63) is 76.6 Å². The lowest BCUT2D eigenvalue weighted by Crippen LogP contribution is -2.06. The summed E-state index contributed by atoms with van der Waals surface area (Å²) in [6.07, 6.45) is 1.80. The highest BCUT2D eigenvalue weighted by molar-refractivity contribution is 5.58. The van der Waals surface area contributed by atoms with Gasteiger partial charge in [-0.3, -0.25) is 10.1 Å². The van der Waals surface area contributed by atoms with Crippen molar-refractivity contribution in [2.75, 3.05) is 5.32 Å². The van der Waals surface area contributed by atoms with Crippen LogP contribution in [0.15, 0.2) is 60.8 Å². The average Bonchev–Trinajstić information content (AvgIpc) is 3.09. The number of hydrogen-bond acceptors (Lipinski definition) is 5. The molecule has 7 nitrogen and oxygen atoms in total. The molecule has 2 aromatic carbocycles. The Morgan fingerprint density at radius 2 is 1.96 bits per heavy atom. The molecule has 0 unspecified atom stereocenters. The number of anilines is 1. The molecule has 0 saturated carbocycles. The molecule has 1 aromatic heterocycles. The molecule has 0 fully saturated rings. The highest BCUT2D eigenvalue weighted by atomic mass is 19.3. The molecule has 3 aromatic rings. The lowest BCUT2D eigenvalue weighted by atomic mass is 10.2. The number of alkyl halides is 2. The minimum absolute atomic E-state index is 0.311. The first-order chi connectivity index (χ1) is 12.5. The van der Waals surface area contributed by atoms with Crippen LogP contribution in [0.4, 0.5) is 20.2 Å². The van der Waals surface area contributed by atoms with Crippen molar-refractivity contribution in [1.29, 1.82) is 0 Å². The Balaban J connectivity index is 1.72. The van der Waals surface area contributed by atoms with Crippen LogP contribution in [0.25, 0.3) is 5.69 Å². The third kappa shape index (κ3) is 4.12. The van der Waals surface area contributed by atoms with Gasteiger partial charge in [0.2, 0.25) is 5.75 Å². The van der Waals surface area contributed by atoms with E-state index >= 15 is 0 Å². The van der Waals surface area contributed by atoms with Crippen LogP contribution in [-0.4, -0.2) is 21.3 Å². The lowest BCUT2D eigenvalue weighted by molar-refractivity contribution is -0.386. The van der Waals surface area contributed by atoms with E-state index in [0.717, 1.165) is 11.8 Å². The van der Waals surface area contributed by atoms with Crippen LogP contribution in [0.5, 0.6) is 5.75 Å². The average molecular weight is 360 g/mol. The maximum absolute atomic E-state index is 12.4. The zero-order valence-electron chi connectivity index (χ0n) is 13.4. The van der Waals surface area contributed by atoms with Gasteiger partial charge in [-0.2, -0.15) is 13.9 Å². The molecule has 0 aliphatic heterocycles. The van der Waals surface area contributed by atoms with E-state index in [1.165, 1.54) is 12.1 Å². The number of para-hydroxylation sites is 1. The summed E-state index contributed by atoms with van der Waals surface area (Å²) in [6, 6.07) is 15.0. The van der Waals surface area contributed by atoms with Gasteiger partial charge in [-0.1, -0.05) is 18.2 Å². The zero-order chi connectivity index (χ0) is 18.5. The minimum atomic E-state index is -3.15. The van der Waals surface area contributed by atoms with Crippen molar-refractivity contribution in [2.24, 2.45) is 0 Å². The van der Waals surface area contributed by atoms with Crippen molar-refractivity contribution >= 4 is 11.4 Å². The molecule has 0 radical (unpaired) electrons. The Morgan fingerprint density at radius 3 is 2.65 bits per heavy atom. The van der Waals surface area contributed by atoms with Gasteiger partial charge in [0.15, 0.2) is 0 Å². The Kier molecular flexibility index (Phi) is 5.07. The largest absolute Gasteiger partial charge is 0.427 e. The molecule has 26 heavy (non-hydrogen) atoms. The number of nitro groups is 1. The number of benzene rings is 2. The predicted molar refractivity (Wildman–Crippen MR) is 90.6 cm³/mol. The van der Waals surface area contributed by atoms with E-state index in [-0.39, 0.29) is 0 Å². The molecule has 3 rings (SSSR count). The van der Waals surface area contributed by atoms with E-state index in [9.17, 15) is 18.9 Å². The number of nitro benzene ring substituents is 1. The third-order valence-electron chi connectivity index (χ3n) is 3.51. The summed E-state index contributed by atoms with van der Waals surface area (Å²) >= 11 is 0. The fourth-order valence-corrected chi connectivity index (χ4v) is 2.34. The van der Waals surface area contributed by atoms with Crippen molar-refractivity contribution in [1.82, 2.24) is 9.78 Å². The molecule has 134 valence electrons. The van der Waals surface area contributed by atoms with Crippen LogP contribution in [0.3, 0.4) is 0 Å². The Hall–Kier alpha value is -3.49. The number of nitrogens with zero attached hydrogens (tertiary/aromatic N) is 3. The molecular formula is C17H14F2N4O3. The topological polar surface area (TPSA) is 82.2 Å². The number of ether oxygens (including phenoxy) is 1. The molecule has 0 bridgehead atoms. The number of hydrogen-bond donors (Lipinski definition) is 1. The molecule has 9 heteroatoms. The summed E-state index contributed by atoms with van der Waals surface area (Å²) in [5.74, 6) is -0.496. The fourth-order valence-electron chi connectivity index (χ4n) is 2.34. The van der Waals surface area contributed by atoms with Crippen molar-refractivity contribution in [2.45, 2.75) is 13.2 Å². The first-order valence-corrected chi connectivity index (χ1v) is 7.60. The van der Waals surface area contributed by atoms with E-state index < -0.39 is 23.0 Å². The SMILES string of the molecule is O=[N+]([O-])c1ccc(NCc2ccn(-c3ccccc3)n2)cc1OC(F)F. The number of nitrogens with one attached hydrogen (secondary N) is 1. The van der Waals surface area contributed by atoms with Gasteiger partial charge in [0.25, 0.3) is 0 Å². The van der Waals surface area contributed by atoms with E-state index in [4.69, 9.17) is 0 Å². The minimum Gasteiger partial charge on any atom is -0.427 e. The molecular weight excluding hydrogens is 346 g/mol. The number of halogens is 2. The van der Waals surface area contributed by atoms with Gasteiger partial charge in [-0.05, 0) is 24.3 Å². The van der Waals surface area contributed by atoms with Crippen LogP contribution < -0.4 is 10.1 Å². The summed E-state index contributed by atoms with van der Waals surface area (Å²) in [5, 5.41) is 18.3. The maximum atomic E-state index is 12.4. The quantitative estimate of drug-likeness (QED) is 0.509. The lowest BCUT2D eigenvalue weighted by Gasteiger charge is -2.09. The summed E-state index contributed by atoms with van der Waals surface area (Å²) in [4.78, 5) is 10.1. The first-order valence-electron chi connectivity index (χ1n) is 7.60. The smallest absolute Gasteiger partial charge is 0.387 e. The molecule has 0 saturated heterocycles. The second-order valence-corrected chi connectivity index (χ2v) is 5.26. The van der Waals surface area contributed by atoms with Crippen LogP contribution in [-0.2, 0) is 6.54 Å². The van der Waals surface area contributed by atoms with E-state index in [1.807, 2.05) is 36.4 Å².